The van der Waals surface area contributed by atoms with Crippen LogP contribution in [0.25, 0.3) is 22.8 Å². The molecule has 0 atom stereocenters. The number of H-pyrrole nitrogens is 1. The van der Waals surface area contributed by atoms with Crippen LogP contribution in [0.15, 0.2) is 53.3 Å². The number of carbonyl (C=O) groups is 1. The fourth-order valence-electron chi connectivity index (χ4n) is 3.02. The first kappa shape index (κ1) is 18.0. The van der Waals surface area contributed by atoms with Crippen molar-refractivity contribution in [3.63, 3.8) is 0 Å². The van der Waals surface area contributed by atoms with Crippen molar-refractivity contribution in [2.24, 2.45) is 0 Å². The second-order valence-corrected chi connectivity index (χ2v) is 10.8. The van der Waals surface area contributed by atoms with Gasteiger partial charge in [0.25, 0.3) is 5.91 Å². The quantitative estimate of drug-likeness (QED) is 0.461. The lowest BCUT2D eigenvalue weighted by atomic mass is 10.0. The van der Waals surface area contributed by atoms with Crippen molar-refractivity contribution in [2.45, 2.75) is 0 Å². The molecule has 2 N–H and O–H groups in total. The number of benzene rings is 1. The van der Waals surface area contributed by atoms with Gasteiger partial charge in [-0.1, -0.05) is 18.2 Å². The van der Waals surface area contributed by atoms with Crippen LogP contribution in [-0.4, -0.2) is 29.2 Å². The monoisotopic (exact) mass is 441 g/mol. The van der Waals surface area contributed by atoms with E-state index in [4.69, 9.17) is 0 Å². The molecule has 27 heavy (non-hydrogen) atoms. The van der Waals surface area contributed by atoms with Crippen LogP contribution in [0.2, 0.25) is 0 Å². The van der Waals surface area contributed by atoms with Crippen LogP contribution in [0.4, 0.5) is 5.69 Å². The Labute approximate surface area is 165 Å². The zero-order valence-corrected chi connectivity index (χ0v) is 17.3. The van der Waals surface area contributed by atoms with Crippen molar-refractivity contribution in [3.05, 3.63) is 64.5 Å². The molecule has 0 saturated heterocycles. The molecule has 0 spiro atoms. The Hall–Kier alpha value is -2.43. The van der Waals surface area contributed by atoms with Gasteiger partial charge in [0.05, 0.1) is 16.7 Å². The average molecular weight is 442 g/mol. The van der Waals surface area contributed by atoms with Gasteiger partial charge in [-0.05, 0) is 59.1 Å². The van der Waals surface area contributed by atoms with E-state index in [9.17, 15) is 9.36 Å². The third-order valence-corrected chi connectivity index (χ3v) is 6.51. The predicted octanol–water partition coefficient (Wildman–Crippen LogP) is 4.58. The van der Waals surface area contributed by atoms with E-state index in [0.29, 0.717) is 11.0 Å². The maximum atomic E-state index is 12.5. The number of aromatic amines is 1. The molecule has 0 fully saturated rings. The Balaban J connectivity index is 1.75. The fraction of sp³-hybridized carbons (Fsp3) is 0.100. The number of nitrogens with zero attached hydrogens (tertiary/aromatic N) is 1. The Kier molecular flexibility index (Phi) is 4.41. The maximum absolute atomic E-state index is 12.5. The van der Waals surface area contributed by atoms with E-state index in [1.54, 1.807) is 31.8 Å². The van der Waals surface area contributed by atoms with Crippen molar-refractivity contribution >= 4 is 51.8 Å². The molecule has 4 rings (SSSR count). The smallest absolute Gasteiger partial charge is 0.256 e. The number of rotatable bonds is 3. The highest BCUT2D eigenvalue weighted by Crippen LogP contribution is 2.39. The minimum Gasteiger partial charge on any atom is -0.352 e. The molecular formula is C20H17BrN3O2P. The van der Waals surface area contributed by atoms with E-state index in [2.05, 4.69) is 31.2 Å². The topological polar surface area (TPSA) is 74.8 Å². The first-order valence-corrected chi connectivity index (χ1v) is 11.7. The van der Waals surface area contributed by atoms with E-state index >= 15 is 0 Å². The first-order chi connectivity index (χ1) is 12.8. The summed E-state index contributed by atoms with van der Waals surface area (Å²) in [6.07, 6.45) is 5.31. The highest BCUT2D eigenvalue weighted by Gasteiger charge is 2.25. The van der Waals surface area contributed by atoms with Gasteiger partial charge in [-0.15, -0.1) is 0 Å². The van der Waals surface area contributed by atoms with Crippen LogP contribution < -0.4 is 10.8 Å². The normalized spacial score (nSPS) is 15.1. The molecule has 136 valence electrons. The molecule has 3 heterocycles. The molecule has 7 heteroatoms. The number of pyridine rings is 1. The minimum atomic E-state index is -2.41. The number of carbonyl (C=O) groups excluding carboxylic acids is 1. The minimum absolute atomic E-state index is 0.160. The van der Waals surface area contributed by atoms with Crippen molar-refractivity contribution in [3.8, 4) is 11.1 Å². The van der Waals surface area contributed by atoms with Gasteiger partial charge in [0.1, 0.15) is 7.14 Å². The molecule has 0 aliphatic carbocycles. The van der Waals surface area contributed by atoms with Gasteiger partial charge >= 0.3 is 0 Å². The van der Waals surface area contributed by atoms with Gasteiger partial charge < -0.3 is 14.9 Å². The molecule has 0 radical (unpaired) electrons. The summed E-state index contributed by atoms with van der Waals surface area (Å²) in [5, 5.41) is 2.92. The Morgan fingerprint density at radius 2 is 1.96 bits per heavy atom. The van der Waals surface area contributed by atoms with E-state index in [0.717, 1.165) is 32.5 Å². The van der Waals surface area contributed by atoms with E-state index < -0.39 is 7.14 Å². The van der Waals surface area contributed by atoms with E-state index in [1.165, 1.54) is 0 Å². The van der Waals surface area contributed by atoms with Crippen LogP contribution in [0.3, 0.4) is 0 Å². The summed E-state index contributed by atoms with van der Waals surface area (Å²) in [7, 11) is -2.41. The summed E-state index contributed by atoms with van der Waals surface area (Å²) in [4.78, 5) is 19.8. The van der Waals surface area contributed by atoms with Crippen LogP contribution in [0, 0.1) is 0 Å². The zero-order valence-electron chi connectivity index (χ0n) is 14.8. The van der Waals surface area contributed by atoms with Crippen molar-refractivity contribution < 1.29 is 9.36 Å². The SMILES string of the molecule is CP(C)(=O)c1cc(Br)c(/C=C2\C(=O)Nc3cc(-c4cccnc4)ccc32)[nH]1. The summed E-state index contributed by atoms with van der Waals surface area (Å²) in [5.41, 5.74) is 5.56. The number of fused-ring (bicyclic) bond motifs is 1. The molecule has 1 amide bonds. The molecule has 0 saturated carbocycles. The average Bonchev–Trinajstić information content (AvgIpc) is 3.16. The molecule has 1 aromatic carbocycles. The molecule has 2 aromatic heterocycles. The number of hydrogen-bond acceptors (Lipinski definition) is 3. The summed E-state index contributed by atoms with van der Waals surface area (Å²) < 4.78 is 13.1. The molecular weight excluding hydrogens is 425 g/mol. The first-order valence-electron chi connectivity index (χ1n) is 8.35. The lowest BCUT2D eigenvalue weighted by Gasteiger charge is -2.04. The number of nitrogens with one attached hydrogen (secondary N) is 2. The van der Waals surface area contributed by atoms with Crippen LogP contribution >= 0.6 is 23.1 Å². The van der Waals surface area contributed by atoms with Crippen LogP contribution in [-0.2, 0) is 9.36 Å². The van der Waals surface area contributed by atoms with Gasteiger partial charge in [0, 0.05) is 33.7 Å². The maximum Gasteiger partial charge on any atom is 0.256 e. The Bertz CT molecular complexity index is 1130. The number of aromatic nitrogens is 2. The molecule has 1 aliphatic heterocycles. The standard InChI is InChI=1S/C20H17BrN3O2P/c1-27(2,26)19-10-16(21)18(23-19)9-15-14-6-5-12(8-17(14)24-20(15)25)13-4-3-7-22-11-13/h3-11,23H,1-2H3,(H,24,25)/b15-9-. The van der Waals surface area contributed by atoms with Crippen molar-refractivity contribution in [2.75, 3.05) is 18.6 Å². The highest BCUT2D eigenvalue weighted by molar-refractivity contribution is 9.10. The number of amides is 1. The molecule has 1 aliphatic rings. The number of halogens is 1. The molecule has 0 unspecified atom stereocenters. The predicted molar refractivity (Wildman–Crippen MR) is 114 cm³/mol. The zero-order chi connectivity index (χ0) is 19.2. The van der Waals surface area contributed by atoms with Crippen LogP contribution in [0.5, 0.6) is 0 Å². The molecule has 0 bridgehead atoms. The Morgan fingerprint density at radius 1 is 1.15 bits per heavy atom. The van der Waals surface area contributed by atoms with Gasteiger partial charge in [-0.25, -0.2) is 0 Å². The largest absolute Gasteiger partial charge is 0.352 e. The molecule has 3 aromatic rings. The van der Waals surface area contributed by atoms with E-state index in [-0.39, 0.29) is 5.91 Å². The number of hydrogen-bond donors (Lipinski definition) is 2. The molecule has 5 nitrogen and oxygen atoms in total. The van der Waals surface area contributed by atoms with Gasteiger partial charge in [-0.2, -0.15) is 0 Å². The third kappa shape index (κ3) is 3.43. The van der Waals surface area contributed by atoms with Crippen LogP contribution in [0.1, 0.15) is 11.3 Å². The summed E-state index contributed by atoms with van der Waals surface area (Å²) >= 11 is 3.48. The van der Waals surface area contributed by atoms with E-state index in [1.807, 2.05) is 36.4 Å². The highest BCUT2D eigenvalue weighted by atomic mass is 79.9. The lowest BCUT2D eigenvalue weighted by Crippen LogP contribution is -2.04. The summed E-state index contributed by atoms with van der Waals surface area (Å²) in [6, 6.07) is 11.5. The summed E-state index contributed by atoms with van der Waals surface area (Å²) in [5.74, 6) is -0.160. The second kappa shape index (κ2) is 6.63. The second-order valence-electron chi connectivity index (χ2n) is 6.78. The van der Waals surface area contributed by atoms with Crippen molar-refractivity contribution in [1.29, 1.82) is 0 Å². The third-order valence-electron chi connectivity index (χ3n) is 4.45. The van der Waals surface area contributed by atoms with Gasteiger partial charge in [0.2, 0.25) is 0 Å². The van der Waals surface area contributed by atoms with Gasteiger partial charge in [0.15, 0.2) is 0 Å². The number of anilines is 1. The Morgan fingerprint density at radius 3 is 2.63 bits per heavy atom. The lowest BCUT2D eigenvalue weighted by molar-refractivity contribution is -0.110. The summed E-state index contributed by atoms with van der Waals surface area (Å²) in [6.45, 7) is 3.42. The van der Waals surface area contributed by atoms with Gasteiger partial charge in [-0.3, -0.25) is 9.78 Å². The fourth-order valence-corrected chi connectivity index (χ4v) is 4.47. The van der Waals surface area contributed by atoms with Crippen molar-refractivity contribution in [1.82, 2.24) is 9.97 Å².